The van der Waals surface area contributed by atoms with Crippen LogP contribution in [0.1, 0.15) is 0 Å². The third-order valence-electron chi connectivity index (χ3n) is 1.01. The van der Waals surface area contributed by atoms with Crippen molar-refractivity contribution in [2.75, 3.05) is 0 Å². The molecule has 0 saturated heterocycles. The van der Waals surface area contributed by atoms with Crippen LogP contribution in [0, 0.1) is 0 Å². The molecule has 0 unspecified atom stereocenters. The van der Waals surface area contributed by atoms with Crippen molar-refractivity contribution in [3.63, 3.8) is 0 Å². The van der Waals surface area contributed by atoms with E-state index in [9.17, 15) is 0 Å². The zero-order valence-electron chi connectivity index (χ0n) is 5.29. The molecule has 4 heteroatoms. The minimum atomic E-state index is 0.226. The van der Waals surface area contributed by atoms with Gasteiger partial charge >= 0.3 is 7.69 Å². The van der Waals surface area contributed by atoms with Crippen LogP contribution in [0.25, 0.3) is 0 Å². The lowest BCUT2D eigenvalue weighted by Gasteiger charge is -1.99. The Morgan fingerprint density at radius 3 is 2.50 bits per heavy atom. The van der Waals surface area contributed by atoms with E-state index in [1.807, 2.05) is 30.3 Å². The van der Waals surface area contributed by atoms with Crippen LogP contribution in [0.3, 0.4) is 0 Å². The van der Waals surface area contributed by atoms with Gasteiger partial charge in [-0.05, 0) is 12.1 Å². The fourth-order valence-electron chi connectivity index (χ4n) is 0.607. The lowest BCUT2D eigenvalue weighted by Crippen LogP contribution is -2.00. The Hall–Kier alpha value is -0.475. The highest BCUT2D eigenvalue weighted by Gasteiger charge is 1.91. The summed E-state index contributed by atoms with van der Waals surface area (Å²) in [5.41, 5.74) is 0. The Labute approximate surface area is 68.9 Å². The summed E-state index contributed by atoms with van der Waals surface area (Å²) in [5, 5.41) is 0. The molecule has 0 aliphatic rings. The van der Waals surface area contributed by atoms with Gasteiger partial charge < -0.3 is 8.40 Å². The first-order valence-corrected chi connectivity index (χ1v) is 3.49. The molecular weight excluding hydrogens is 195 g/mol. The third-order valence-corrected chi connectivity index (χ3v) is 1.20. The Bertz CT molecular complexity index is 180. The van der Waals surface area contributed by atoms with Crippen molar-refractivity contribution in [3.8, 4) is 5.75 Å². The van der Waals surface area contributed by atoms with Gasteiger partial charge in [0.2, 0.25) is 0 Å². The van der Waals surface area contributed by atoms with Crippen molar-refractivity contribution in [2.45, 2.75) is 0 Å². The fraction of sp³-hybridized carbons (Fsp3) is 0. The predicted molar refractivity (Wildman–Crippen MR) is 44.2 cm³/mol. The highest BCUT2D eigenvalue weighted by molar-refractivity contribution is 9.06. The van der Waals surface area contributed by atoms with Gasteiger partial charge in [-0.15, -0.1) is 0 Å². The molecule has 2 nitrogen and oxygen atoms in total. The summed E-state index contributed by atoms with van der Waals surface area (Å²) in [7, 11) is 0.226. The van der Waals surface area contributed by atoms with Crippen LogP contribution >= 0.6 is 16.3 Å². The summed E-state index contributed by atoms with van der Waals surface area (Å²) in [6.07, 6.45) is 0. The molecule has 0 bridgehead atoms. The SMILES string of the molecule is BrOBOc1ccccc1. The normalized spacial score (nSPS) is 8.90. The lowest BCUT2D eigenvalue weighted by atomic mass is 10.3. The zero-order chi connectivity index (χ0) is 7.23. The number of para-hydroxylation sites is 1. The molecule has 1 aromatic rings. The van der Waals surface area contributed by atoms with E-state index in [-0.39, 0.29) is 7.69 Å². The van der Waals surface area contributed by atoms with Crippen molar-refractivity contribution in [2.24, 2.45) is 0 Å². The predicted octanol–water partition coefficient (Wildman–Crippen LogP) is 1.66. The molecule has 1 rings (SSSR count). The first-order chi connectivity index (χ1) is 4.93. The Balaban J connectivity index is 2.43. The number of hydrogen-bond acceptors (Lipinski definition) is 2. The Kier molecular flexibility index (Phi) is 3.32. The molecule has 0 aliphatic heterocycles. The standard InChI is InChI=1S/C6H6BBrO2/c8-10-7-9-6-4-2-1-3-5-6/h1-5,7H. The van der Waals surface area contributed by atoms with Gasteiger partial charge in [0.25, 0.3) is 0 Å². The smallest absolute Gasteiger partial charge is 0.518 e. The van der Waals surface area contributed by atoms with Crippen molar-refractivity contribution in [1.29, 1.82) is 0 Å². The first-order valence-electron chi connectivity index (χ1n) is 2.85. The fourth-order valence-corrected chi connectivity index (χ4v) is 0.700. The van der Waals surface area contributed by atoms with Crippen molar-refractivity contribution in [1.82, 2.24) is 0 Å². The van der Waals surface area contributed by atoms with Crippen LogP contribution in [-0.2, 0) is 3.75 Å². The molecule has 0 aliphatic carbocycles. The maximum atomic E-state index is 5.09. The minimum absolute atomic E-state index is 0.226. The van der Waals surface area contributed by atoms with Crippen LogP contribution in [0.15, 0.2) is 30.3 Å². The second kappa shape index (κ2) is 4.36. The summed E-state index contributed by atoms with van der Waals surface area (Å²) in [6, 6.07) is 9.48. The van der Waals surface area contributed by atoms with Gasteiger partial charge in [0.05, 0.1) is 16.3 Å². The molecule has 52 valence electrons. The van der Waals surface area contributed by atoms with Crippen LogP contribution in [0.2, 0.25) is 0 Å². The highest BCUT2D eigenvalue weighted by Crippen LogP contribution is 2.07. The molecule has 0 atom stereocenters. The first kappa shape index (κ1) is 7.63. The van der Waals surface area contributed by atoms with Crippen LogP contribution in [0.4, 0.5) is 0 Å². The third kappa shape index (κ3) is 2.41. The molecule has 1 aromatic carbocycles. The zero-order valence-corrected chi connectivity index (χ0v) is 6.87. The molecule has 0 fully saturated rings. The molecule has 0 saturated carbocycles. The highest BCUT2D eigenvalue weighted by atomic mass is 79.9. The van der Waals surface area contributed by atoms with Gasteiger partial charge in [-0.25, -0.2) is 0 Å². The maximum Gasteiger partial charge on any atom is 0.518 e. The molecule has 0 N–H and O–H groups in total. The van der Waals surface area contributed by atoms with E-state index in [4.69, 9.17) is 4.65 Å². The average Bonchev–Trinajstić information content (AvgIpc) is 2.03. The molecule has 0 heterocycles. The van der Waals surface area contributed by atoms with Crippen molar-refractivity contribution < 1.29 is 8.40 Å². The van der Waals surface area contributed by atoms with Gasteiger partial charge in [-0.2, -0.15) is 0 Å². The topological polar surface area (TPSA) is 18.5 Å². The summed E-state index contributed by atoms with van der Waals surface area (Å²) >= 11 is 2.78. The molecule has 0 spiro atoms. The van der Waals surface area contributed by atoms with Gasteiger partial charge in [-0.1, -0.05) is 18.2 Å². The average molecular weight is 201 g/mol. The summed E-state index contributed by atoms with van der Waals surface area (Å²) in [5.74, 6) is 0.807. The minimum Gasteiger partial charge on any atom is -0.538 e. The van der Waals surface area contributed by atoms with Gasteiger partial charge in [-0.3, -0.25) is 0 Å². The largest absolute Gasteiger partial charge is 0.538 e. The van der Waals surface area contributed by atoms with Crippen molar-refractivity contribution in [3.05, 3.63) is 30.3 Å². The van der Waals surface area contributed by atoms with Crippen molar-refractivity contribution >= 4 is 23.9 Å². The van der Waals surface area contributed by atoms with E-state index in [1.54, 1.807) is 0 Å². The summed E-state index contributed by atoms with van der Waals surface area (Å²) < 4.78 is 9.62. The van der Waals surface area contributed by atoms with Crippen LogP contribution in [0.5, 0.6) is 5.75 Å². The maximum absolute atomic E-state index is 5.09. The lowest BCUT2D eigenvalue weighted by molar-refractivity contribution is 0.505. The molecule has 0 amide bonds. The monoisotopic (exact) mass is 200 g/mol. The second-order valence-corrected chi connectivity index (χ2v) is 2.14. The Morgan fingerprint density at radius 2 is 1.90 bits per heavy atom. The number of hydrogen-bond donors (Lipinski definition) is 0. The molecular formula is C6H6BBrO2. The van der Waals surface area contributed by atoms with E-state index in [1.165, 1.54) is 0 Å². The van der Waals surface area contributed by atoms with Gasteiger partial charge in [0.15, 0.2) is 0 Å². The van der Waals surface area contributed by atoms with Crippen LogP contribution in [-0.4, -0.2) is 7.69 Å². The second-order valence-electron chi connectivity index (χ2n) is 1.68. The van der Waals surface area contributed by atoms with E-state index >= 15 is 0 Å². The number of benzene rings is 1. The number of halogens is 1. The van der Waals surface area contributed by atoms with E-state index in [2.05, 4.69) is 20.0 Å². The van der Waals surface area contributed by atoms with E-state index < -0.39 is 0 Å². The van der Waals surface area contributed by atoms with Gasteiger partial charge in [0, 0.05) is 0 Å². The number of rotatable bonds is 3. The Morgan fingerprint density at radius 1 is 1.20 bits per heavy atom. The summed E-state index contributed by atoms with van der Waals surface area (Å²) in [4.78, 5) is 0. The van der Waals surface area contributed by atoms with E-state index in [0.717, 1.165) is 5.75 Å². The van der Waals surface area contributed by atoms with Crippen LogP contribution < -0.4 is 4.65 Å². The van der Waals surface area contributed by atoms with Gasteiger partial charge in [0.1, 0.15) is 5.75 Å². The molecule has 0 radical (unpaired) electrons. The van der Waals surface area contributed by atoms with E-state index in [0.29, 0.717) is 0 Å². The molecule has 0 aromatic heterocycles. The molecule has 10 heavy (non-hydrogen) atoms. The summed E-state index contributed by atoms with van der Waals surface area (Å²) in [6.45, 7) is 0. The quantitative estimate of drug-likeness (QED) is 0.692.